The fourth-order valence-electron chi connectivity index (χ4n) is 7.48. The number of imide groups is 2. The Labute approximate surface area is 268 Å². The number of benzene rings is 2. The normalized spacial score (nSPS) is 30.8. The molecule has 8 nitrogen and oxygen atoms in total. The topological polar surface area (TPSA) is 104 Å². The molecule has 1 saturated carbocycles. The van der Waals surface area contributed by atoms with E-state index in [9.17, 15) is 37.5 Å². The van der Waals surface area contributed by atoms with Gasteiger partial charge in [-0.3, -0.25) is 24.1 Å². The van der Waals surface area contributed by atoms with E-state index in [1.54, 1.807) is 26.8 Å². The Balaban J connectivity index is 1.61. The maximum Gasteiger partial charge on any atom is 0.258 e. The smallest absolute Gasteiger partial charge is 0.258 e. The van der Waals surface area contributed by atoms with Crippen molar-refractivity contribution >= 4 is 52.5 Å². The molecule has 2 aromatic carbocycles. The van der Waals surface area contributed by atoms with Crippen molar-refractivity contribution in [1.82, 2.24) is 4.90 Å². The lowest BCUT2D eigenvalue weighted by Gasteiger charge is -2.50. The zero-order valence-corrected chi connectivity index (χ0v) is 26.1. The molecule has 2 aliphatic carbocycles. The summed E-state index contributed by atoms with van der Waals surface area (Å²) in [5.41, 5.74) is -2.39. The number of nitrogens with zero attached hydrogens (tertiary/aromatic N) is 2. The summed E-state index contributed by atoms with van der Waals surface area (Å²) in [7, 11) is 1.23. The lowest BCUT2D eigenvalue weighted by atomic mass is 9.56. The maximum absolute atomic E-state index is 15.1. The Morgan fingerprint density at radius 1 is 0.891 bits per heavy atom. The quantitative estimate of drug-likeness (QED) is 0.115. The number of carbonyl (C=O) groups excluding carboxylic acids is 4. The van der Waals surface area contributed by atoms with Gasteiger partial charge in [-0.15, -0.1) is 23.2 Å². The standard InChI is InChI=1S/C31H25Cl2F5N2O6/c1-29(2,3)40-25(42)13-7-6-12-14(17(13)26(40)43)10-30(32)27(44)39(24-22(37)20(35)19(34)21(36)23(24)38)28(45)31(30,33)18(12)11-5-8-15(41)16(9-11)46-4/h5-6,8-9,13-14,17-18,41H,7,10H2,1-4H3/t13-,14+,17-,18-,30+,31-/m0/s1. The van der Waals surface area contributed by atoms with Crippen LogP contribution < -0.4 is 9.64 Å². The van der Waals surface area contributed by atoms with Crippen molar-refractivity contribution < 1.29 is 51.0 Å². The number of rotatable bonds is 3. The van der Waals surface area contributed by atoms with E-state index >= 15 is 8.78 Å². The van der Waals surface area contributed by atoms with E-state index in [4.69, 9.17) is 27.9 Å². The van der Waals surface area contributed by atoms with Gasteiger partial charge in [0.2, 0.25) is 17.6 Å². The first-order valence-electron chi connectivity index (χ1n) is 14.1. The van der Waals surface area contributed by atoms with Crippen LogP contribution in [-0.2, 0) is 19.2 Å². The molecule has 46 heavy (non-hydrogen) atoms. The van der Waals surface area contributed by atoms with Gasteiger partial charge >= 0.3 is 0 Å². The molecule has 4 amide bonds. The van der Waals surface area contributed by atoms with Gasteiger partial charge in [0.05, 0.1) is 18.9 Å². The number of methoxy groups -OCH3 is 1. The van der Waals surface area contributed by atoms with Crippen molar-refractivity contribution in [2.45, 2.75) is 54.8 Å². The molecular formula is C31H25Cl2F5N2O6. The molecule has 2 heterocycles. The van der Waals surface area contributed by atoms with Crippen molar-refractivity contribution in [3.05, 3.63) is 64.5 Å². The van der Waals surface area contributed by atoms with Crippen molar-refractivity contribution in [2.75, 3.05) is 12.0 Å². The van der Waals surface area contributed by atoms with E-state index in [2.05, 4.69) is 0 Å². The highest BCUT2D eigenvalue weighted by molar-refractivity contribution is 6.58. The van der Waals surface area contributed by atoms with Crippen molar-refractivity contribution in [1.29, 1.82) is 0 Å². The summed E-state index contributed by atoms with van der Waals surface area (Å²) in [5, 5.41) is 10.3. The Morgan fingerprint density at radius 2 is 1.48 bits per heavy atom. The fraction of sp³-hybridized carbons (Fsp3) is 0.419. The minimum absolute atomic E-state index is 0.0190. The van der Waals surface area contributed by atoms with Gasteiger partial charge in [-0.25, -0.2) is 26.9 Å². The van der Waals surface area contributed by atoms with Crippen molar-refractivity contribution in [3.63, 3.8) is 0 Å². The molecule has 2 aromatic rings. The Kier molecular flexibility index (Phi) is 7.11. The molecule has 6 rings (SSSR count). The number of aromatic hydroxyl groups is 1. The SMILES string of the molecule is COc1cc([C@H]2C3=CC[C@@H]4C(=O)N(C(C)(C)C)C(=O)[C@@H]4[C@@H]3C[C@@]3(Cl)C(=O)N(c4c(F)c(F)c(F)c(F)c4F)C(=O)[C@@]23Cl)ccc1O. The lowest BCUT2D eigenvalue weighted by Crippen LogP contribution is -2.60. The molecule has 0 unspecified atom stereocenters. The molecule has 0 bridgehead atoms. The van der Waals surface area contributed by atoms with Crippen LogP contribution >= 0.6 is 23.2 Å². The van der Waals surface area contributed by atoms with Gasteiger partial charge in [-0.05, 0) is 57.2 Å². The number of phenols is 1. The van der Waals surface area contributed by atoms with Crippen LogP contribution in [0.4, 0.5) is 27.6 Å². The molecule has 2 aliphatic heterocycles. The van der Waals surface area contributed by atoms with Gasteiger partial charge in [0.1, 0.15) is 5.69 Å². The second-order valence-corrected chi connectivity index (χ2v) is 14.0. The van der Waals surface area contributed by atoms with E-state index in [0.29, 0.717) is 0 Å². The highest BCUT2D eigenvalue weighted by Crippen LogP contribution is 2.66. The molecule has 1 N–H and O–H groups in total. The number of allylic oxidation sites excluding steroid dienone is 2. The third-order valence-corrected chi connectivity index (χ3v) is 10.8. The predicted molar refractivity (Wildman–Crippen MR) is 153 cm³/mol. The molecule has 3 fully saturated rings. The number of ether oxygens (including phenoxy) is 1. The van der Waals surface area contributed by atoms with E-state index in [0.717, 1.165) is 4.90 Å². The number of hydrogen-bond donors (Lipinski definition) is 1. The van der Waals surface area contributed by atoms with Gasteiger partial charge in [0.15, 0.2) is 44.5 Å². The first kappa shape index (κ1) is 32.2. The summed E-state index contributed by atoms with van der Waals surface area (Å²) >= 11 is 14.1. The summed E-state index contributed by atoms with van der Waals surface area (Å²) in [5.74, 6) is -21.4. The van der Waals surface area contributed by atoms with Crippen LogP contribution in [0.5, 0.6) is 11.5 Å². The summed E-state index contributed by atoms with van der Waals surface area (Å²) < 4.78 is 78.1. The molecule has 0 spiro atoms. The number of anilines is 1. The van der Waals surface area contributed by atoms with E-state index in [1.807, 2.05) is 0 Å². The van der Waals surface area contributed by atoms with Crippen LogP contribution in [-0.4, -0.2) is 56.0 Å². The van der Waals surface area contributed by atoms with E-state index in [-0.39, 0.29) is 34.0 Å². The molecule has 15 heteroatoms. The Morgan fingerprint density at radius 3 is 2.04 bits per heavy atom. The molecule has 2 saturated heterocycles. The van der Waals surface area contributed by atoms with Crippen LogP contribution in [0.15, 0.2) is 29.8 Å². The van der Waals surface area contributed by atoms with E-state index < -0.39 is 104 Å². The number of alkyl halides is 2. The van der Waals surface area contributed by atoms with Gasteiger partial charge in [-0.2, -0.15) is 0 Å². The second-order valence-electron chi connectivity index (χ2n) is 12.8. The number of likely N-dealkylation sites (tertiary alicyclic amines) is 1. The third-order valence-electron chi connectivity index (χ3n) is 9.43. The average molecular weight is 687 g/mol. The monoisotopic (exact) mass is 686 g/mol. The number of fused-ring (bicyclic) bond motifs is 4. The fourth-order valence-corrected chi connectivity index (χ4v) is 8.41. The van der Waals surface area contributed by atoms with Gasteiger partial charge in [0, 0.05) is 11.5 Å². The summed E-state index contributed by atoms with van der Waals surface area (Å²) in [6.07, 6.45) is 1.00. The van der Waals surface area contributed by atoms with Crippen LogP contribution in [0.25, 0.3) is 0 Å². The summed E-state index contributed by atoms with van der Waals surface area (Å²) in [6, 6.07) is 3.79. The van der Waals surface area contributed by atoms with Crippen LogP contribution in [0.1, 0.15) is 45.1 Å². The summed E-state index contributed by atoms with van der Waals surface area (Å²) in [4.78, 5) is 51.4. The summed E-state index contributed by atoms with van der Waals surface area (Å²) in [6.45, 7) is 4.98. The maximum atomic E-state index is 15.1. The number of carbonyl (C=O) groups is 4. The zero-order chi connectivity index (χ0) is 34.0. The predicted octanol–water partition coefficient (Wildman–Crippen LogP) is 5.46. The van der Waals surface area contributed by atoms with E-state index in [1.165, 1.54) is 25.3 Å². The molecule has 4 aliphatic rings. The third kappa shape index (κ3) is 3.90. The number of phenolic OH excluding ortho intramolecular Hbond substituents is 1. The highest BCUT2D eigenvalue weighted by Gasteiger charge is 2.77. The number of amides is 4. The lowest BCUT2D eigenvalue weighted by molar-refractivity contribution is -0.145. The number of hydrogen-bond acceptors (Lipinski definition) is 6. The molecule has 6 atom stereocenters. The van der Waals surface area contributed by atoms with Gasteiger partial charge in [0.25, 0.3) is 11.8 Å². The molecule has 0 radical (unpaired) electrons. The Hall–Kier alpha value is -3.71. The molecular weight excluding hydrogens is 662 g/mol. The van der Waals surface area contributed by atoms with Crippen LogP contribution in [0.3, 0.4) is 0 Å². The first-order chi connectivity index (χ1) is 21.3. The van der Waals surface area contributed by atoms with Crippen LogP contribution in [0, 0.1) is 46.8 Å². The number of halogens is 7. The van der Waals surface area contributed by atoms with Crippen molar-refractivity contribution in [3.8, 4) is 11.5 Å². The first-order valence-corrected chi connectivity index (χ1v) is 14.8. The Bertz CT molecular complexity index is 1780. The zero-order valence-electron chi connectivity index (χ0n) is 24.6. The van der Waals surface area contributed by atoms with Gasteiger partial charge < -0.3 is 9.84 Å². The minimum atomic E-state index is -2.67. The largest absolute Gasteiger partial charge is 0.504 e. The van der Waals surface area contributed by atoms with Crippen LogP contribution in [0.2, 0.25) is 0 Å². The minimum Gasteiger partial charge on any atom is -0.504 e. The second kappa shape index (κ2) is 10.1. The highest BCUT2D eigenvalue weighted by atomic mass is 35.5. The average Bonchev–Trinajstić information content (AvgIpc) is 3.34. The van der Waals surface area contributed by atoms with Gasteiger partial charge in [-0.1, -0.05) is 17.7 Å². The molecule has 244 valence electrons. The van der Waals surface area contributed by atoms with Crippen molar-refractivity contribution in [2.24, 2.45) is 17.8 Å². The molecule has 0 aromatic heterocycles.